The van der Waals surface area contributed by atoms with Crippen LogP contribution >= 0.6 is 15.9 Å². The van der Waals surface area contributed by atoms with Crippen molar-refractivity contribution in [2.75, 3.05) is 13.1 Å². The number of halogens is 1. The van der Waals surface area contributed by atoms with Crippen LogP contribution in [-0.4, -0.2) is 13.1 Å². The first-order valence-electron chi connectivity index (χ1n) is 8.01. The molecule has 2 aliphatic carbocycles. The molecule has 0 bridgehead atoms. The first-order chi connectivity index (χ1) is 9.56. The number of rotatable bonds is 6. The van der Waals surface area contributed by atoms with Gasteiger partial charge in [0, 0.05) is 11.0 Å². The van der Waals surface area contributed by atoms with Gasteiger partial charge in [-0.05, 0) is 73.1 Å². The highest BCUT2D eigenvalue weighted by Gasteiger charge is 2.53. The van der Waals surface area contributed by atoms with Gasteiger partial charge in [0.15, 0.2) is 0 Å². The van der Waals surface area contributed by atoms with Crippen molar-refractivity contribution in [2.24, 2.45) is 23.2 Å². The molecule has 2 atom stereocenters. The van der Waals surface area contributed by atoms with Crippen LogP contribution < -0.4 is 5.32 Å². The van der Waals surface area contributed by atoms with Gasteiger partial charge in [-0.15, -0.1) is 0 Å². The largest absolute Gasteiger partial charge is 0.316 e. The first-order valence-corrected chi connectivity index (χ1v) is 8.81. The van der Waals surface area contributed by atoms with Crippen LogP contribution in [0.15, 0.2) is 28.7 Å². The second-order valence-electron chi connectivity index (χ2n) is 7.50. The third-order valence-electron chi connectivity index (χ3n) is 4.98. The van der Waals surface area contributed by atoms with Crippen molar-refractivity contribution >= 4 is 15.9 Å². The SMILES string of the molecule is CC(C)CNCC1(Cc2cccc(Br)c2)CC2CC2C1. The standard InChI is InChI=1S/C18H26BrN/c1-13(2)11-20-12-18(9-15-7-16(15)10-18)8-14-4-3-5-17(19)6-14/h3-6,13,15-16,20H,7-12H2,1-2H3. The normalized spacial score (nSPS) is 31.6. The number of hydrogen-bond acceptors (Lipinski definition) is 1. The average Bonchev–Trinajstić information content (AvgIpc) is 2.97. The van der Waals surface area contributed by atoms with E-state index in [4.69, 9.17) is 0 Å². The molecule has 0 amide bonds. The van der Waals surface area contributed by atoms with E-state index in [-0.39, 0.29) is 0 Å². The maximum absolute atomic E-state index is 3.73. The van der Waals surface area contributed by atoms with E-state index < -0.39 is 0 Å². The van der Waals surface area contributed by atoms with Crippen molar-refractivity contribution in [1.29, 1.82) is 0 Å². The van der Waals surface area contributed by atoms with Gasteiger partial charge in [0.05, 0.1) is 0 Å². The van der Waals surface area contributed by atoms with Crippen LogP contribution in [0, 0.1) is 23.2 Å². The third-order valence-corrected chi connectivity index (χ3v) is 5.47. The molecular weight excluding hydrogens is 310 g/mol. The Morgan fingerprint density at radius 3 is 2.70 bits per heavy atom. The summed E-state index contributed by atoms with van der Waals surface area (Å²) in [7, 11) is 0. The summed E-state index contributed by atoms with van der Waals surface area (Å²) in [6.07, 6.45) is 5.62. The zero-order chi connectivity index (χ0) is 14.2. The van der Waals surface area contributed by atoms with E-state index >= 15 is 0 Å². The average molecular weight is 336 g/mol. The summed E-state index contributed by atoms with van der Waals surface area (Å²) in [5, 5.41) is 3.73. The molecule has 1 nitrogen and oxygen atoms in total. The van der Waals surface area contributed by atoms with E-state index in [1.807, 2.05) is 0 Å². The molecule has 2 unspecified atom stereocenters. The minimum absolute atomic E-state index is 0.517. The number of fused-ring (bicyclic) bond motifs is 1. The van der Waals surface area contributed by atoms with Crippen LogP contribution in [0.3, 0.4) is 0 Å². The first kappa shape index (κ1) is 14.6. The topological polar surface area (TPSA) is 12.0 Å². The molecule has 0 aliphatic heterocycles. The summed E-state index contributed by atoms with van der Waals surface area (Å²) in [4.78, 5) is 0. The zero-order valence-electron chi connectivity index (χ0n) is 12.7. The highest BCUT2D eigenvalue weighted by Crippen LogP contribution is 2.60. The van der Waals surface area contributed by atoms with Gasteiger partial charge in [0.1, 0.15) is 0 Å². The van der Waals surface area contributed by atoms with Gasteiger partial charge in [0.2, 0.25) is 0 Å². The third kappa shape index (κ3) is 3.46. The van der Waals surface area contributed by atoms with Gasteiger partial charge in [-0.3, -0.25) is 0 Å². The van der Waals surface area contributed by atoms with Crippen LogP contribution in [0.4, 0.5) is 0 Å². The molecule has 2 aliphatic rings. The molecule has 0 aromatic heterocycles. The lowest BCUT2D eigenvalue weighted by molar-refractivity contribution is 0.245. The molecule has 0 saturated heterocycles. The minimum Gasteiger partial charge on any atom is -0.316 e. The minimum atomic E-state index is 0.517. The summed E-state index contributed by atoms with van der Waals surface area (Å²) >= 11 is 3.61. The van der Waals surface area contributed by atoms with Crippen molar-refractivity contribution in [2.45, 2.75) is 39.5 Å². The Morgan fingerprint density at radius 2 is 2.05 bits per heavy atom. The van der Waals surface area contributed by atoms with Crippen LogP contribution in [0.1, 0.15) is 38.7 Å². The molecule has 2 heteroatoms. The van der Waals surface area contributed by atoms with Gasteiger partial charge in [0.25, 0.3) is 0 Å². The molecule has 0 spiro atoms. The Morgan fingerprint density at radius 1 is 1.30 bits per heavy atom. The Balaban J connectivity index is 1.66. The van der Waals surface area contributed by atoms with E-state index in [2.05, 4.69) is 59.4 Å². The summed E-state index contributed by atoms with van der Waals surface area (Å²) in [5.74, 6) is 2.83. The second-order valence-corrected chi connectivity index (χ2v) is 8.41. The quantitative estimate of drug-likeness (QED) is 0.797. The Kier molecular flexibility index (Phi) is 4.24. The molecule has 1 N–H and O–H groups in total. The lowest BCUT2D eigenvalue weighted by Crippen LogP contribution is -2.36. The van der Waals surface area contributed by atoms with Gasteiger partial charge in [-0.2, -0.15) is 0 Å². The summed E-state index contributed by atoms with van der Waals surface area (Å²) < 4.78 is 1.21. The number of hydrogen-bond donors (Lipinski definition) is 1. The maximum atomic E-state index is 3.73. The molecule has 1 aromatic rings. The molecule has 0 heterocycles. The van der Waals surface area contributed by atoms with E-state index in [9.17, 15) is 0 Å². The summed E-state index contributed by atoms with van der Waals surface area (Å²) in [5.41, 5.74) is 2.01. The highest BCUT2D eigenvalue weighted by atomic mass is 79.9. The van der Waals surface area contributed by atoms with E-state index in [0.29, 0.717) is 5.41 Å². The van der Waals surface area contributed by atoms with Crippen molar-refractivity contribution in [1.82, 2.24) is 5.32 Å². The van der Waals surface area contributed by atoms with Crippen LogP contribution in [0.25, 0.3) is 0 Å². The fourth-order valence-corrected chi connectivity index (χ4v) is 4.51. The number of nitrogens with one attached hydrogen (secondary N) is 1. The highest BCUT2D eigenvalue weighted by molar-refractivity contribution is 9.10. The van der Waals surface area contributed by atoms with Crippen molar-refractivity contribution < 1.29 is 0 Å². The maximum Gasteiger partial charge on any atom is 0.0177 e. The molecule has 110 valence electrons. The van der Waals surface area contributed by atoms with Crippen LogP contribution in [0.5, 0.6) is 0 Å². The van der Waals surface area contributed by atoms with E-state index in [1.165, 1.54) is 42.3 Å². The lowest BCUT2D eigenvalue weighted by atomic mass is 9.77. The van der Waals surface area contributed by atoms with Gasteiger partial charge < -0.3 is 5.32 Å². The Bertz CT molecular complexity index is 458. The summed E-state index contributed by atoms with van der Waals surface area (Å²) in [6, 6.07) is 8.89. The van der Waals surface area contributed by atoms with Crippen LogP contribution in [0.2, 0.25) is 0 Å². The van der Waals surface area contributed by atoms with Crippen LogP contribution in [-0.2, 0) is 6.42 Å². The smallest absolute Gasteiger partial charge is 0.0177 e. The van der Waals surface area contributed by atoms with E-state index in [1.54, 1.807) is 0 Å². The zero-order valence-corrected chi connectivity index (χ0v) is 14.2. The molecule has 20 heavy (non-hydrogen) atoms. The molecular formula is C18H26BrN. The van der Waals surface area contributed by atoms with Gasteiger partial charge in [-0.1, -0.05) is 41.9 Å². The van der Waals surface area contributed by atoms with Crippen molar-refractivity contribution in [3.05, 3.63) is 34.3 Å². The Hall–Kier alpha value is -0.340. The molecule has 3 rings (SSSR count). The predicted octanol–water partition coefficient (Wildman–Crippen LogP) is 4.65. The fourth-order valence-electron chi connectivity index (χ4n) is 4.06. The van der Waals surface area contributed by atoms with Gasteiger partial charge in [-0.25, -0.2) is 0 Å². The Labute approximate surface area is 131 Å². The predicted molar refractivity (Wildman–Crippen MR) is 88.8 cm³/mol. The van der Waals surface area contributed by atoms with E-state index in [0.717, 1.165) is 24.3 Å². The second kappa shape index (κ2) is 5.81. The molecule has 2 fully saturated rings. The lowest BCUT2D eigenvalue weighted by Gasteiger charge is -2.32. The number of benzene rings is 1. The molecule has 2 saturated carbocycles. The van der Waals surface area contributed by atoms with Crippen molar-refractivity contribution in [3.8, 4) is 0 Å². The summed E-state index contributed by atoms with van der Waals surface area (Å²) in [6.45, 7) is 6.93. The van der Waals surface area contributed by atoms with Crippen molar-refractivity contribution in [3.63, 3.8) is 0 Å². The molecule has 1 aromatic carbocycles. The van der Waals surface area contributed by atoms with Gasteiger partial charge >= 0.3 is 0 Å². The fraction of sp³-hybridized carbons (Fsp3) is 0.667. The molecule has 0 radical (unpaired) electrons. The monoisotopic (exact) mass is 335 g/mol.